The fraction of sp³-hybridized carbons (Fsp3) is 0.769. The molecule has 1 aliphatic carbocycles. The molecule has 1 atom stereocenters. The normalized spacial score (nSPS) is 15.9. The van der Waals surface area contributed by atoms with Gasteiger partial charge < -0.3 is 15.4 Å². The fourth-order valence-electron chi connectivity index (χ4n) is 1.83. The van der Waals surface area contributed by atoms with Gasteiger partial charge in [0.25, 0.3) is 0 Å². The SMILES string of the molecule is CCCOc1nc(NCC)nc(NC(C)C2CC2)n1. The van der Waals surface area contributed by atoms with Crippen LogP contribution in [0.4, 0.5) is 11.9 Å². The zero-order valence-electron chi connectivity index (χ0n) is 11.9. The summed E-state index contributed by atoms with van der Waals surface area (Å²) in [6.45, 7) is 7.63. The van der Waals surface area contributed by atoms with Crippen LogP contribution in [0.2, 0.25) is 0 Å². The van der Waals surface area contributed by atoms with Gasteiger partial charge in [0.05, 0.1) is 6.61 Å². The van der Waals surface area contributed by atoms with E-state index in [1.165, 1.54) is 12.8 Å². The van der Waals surface area contributed by atoms with Crippen LogP contribution < -0.4 is 15.4 Å². The van der Waals surface area contributed by atoms with Crippen molar-refractivity contribution in [2.45, 2.75) is 46.1 Å². The molecular formula is C13H23N5O. The van der Waals surface area contributed by atoms with Gasteiger partial charge in [0, 0.05) is 12.6 Å². The standard InChI is InChI=1S/C13H23N5O/c1-4-8-19-13-17-11(14-5-2)16-12(18-13)15-9(3)10-6-7-10/h9-10H,4-8H2,1-3H3,(H2,14,15,16,17,18). The number of anilines is 2. The largest absolute Gasteiger partial charge is 0.463 e. The third-order valence-electron chi connectivity index (χ3n) is 3.07. The summed E-state index contributed by atoms with van der Waals surface area (Å²) in [5, 5.41) is 6.44. The van der Waals surface area contributed by atoms with Crippen LogP contribution in [-0.2, 0) is 0 Å². The third kappa shape index (κ3) is 4.22. The van der Waals surface area contributed by atoms with E-state index in [9.17, 15) is 0 Å². The molecule has 0 saturated heterocycles. The second-order valence-electron chi connectivity index (χ2n) is 4.91. The van der Waals surface area contributed by atoms with Gasteiger partial charge in [0.2, 0.25) is 11.9 Å². The average molecular weight is 265 g/mol. The molecule has 0 aliphatic heterocycles. The minimum atomic E-state index is 0.387. The summed E-state index contributed by atoms with van der Waals surface area (Å²) >= 11 is 0. The van der Waals surface area contributed by atoms with Crippen LogP contribution in [0.25, 0.3) is 0 Å². The van der Waals surface area contributed by atoms with E-state index in [2.05, 4.69) is 39.4 Å². The van der Waals surface area contributed by atoms with Crippen LogP contribution in [0.15, 0.2) is 0 Å². The molecular weight excluding hydrogens is 242 g/mol. The molecule has 2 N–H and O–H groups in total. The first-order valence-corrected chi connectivity index (χ1v) is 7.12. The van der Waals surface area contributed by atoms with E-state index in [0.29, 0.717) is 30.6 Å². The Balaban J connectivity index is 2.07. The van der Waals surface area contributed by atoms with Gasteiger partial charge >= 0.3 is 6.01 Å². The van der Waals surface area contributed by atoms with E-state index in [0.717, 1.165) is 18.9 Å². The maximum Gasteiger partial charge on any atom is 0.323 e. The van der Waals surface area contributed by atoms with Crippen LogP contribution in [0.5, 0.6) is 6.01 Å². The van der Waals surface area contributed by atoms with E-state index >= 15 is 0 Å². The smallest absolute Gasteiger partial charge is 0.323 e. The summed E-state index contributed by atoms with van der Waals surface area (Å²) < 4.78 is 5.50. The predicted molar refractivity (Wildman–Crippen MR) is 75.6 cm³/mol. The average Bonchev–Trinajstić information content (AvgIpc) is 3.20. The first kappa shape index (κ1) is 13.8. The molecule has 6 heteroatoms. The highest BCUT2D eigenvalue weighted by Gasteiger charge is 2.28. The minimum absolute atomic E-state index is 0.387. The molecule has 2 rings (SSSR count). The number of nitrogens with one attached hydrogen (secondary N) is 2. The van der Waals surface area contributed by atoms with E-state index in [1.54, 1.807) is 0 Å². The Kier molecular flexibility index (Phi) is 4.76. The van der Waals surface area contributed by atoms with Gasteiger partial charge in [-0.15, -0.1) is 0 Å². The molecule has 1 saturated carbocycles. The molecule has 0 radical (unpaired) electrons. The number of hydrogen-bond acceptors (Lipinski definition) is 6. The maximum absolute atomic E-state index is 5.50. The van der Waals surface area contributed by atoms with Gasteiger partial charge in [-0.3, -0.25) is 0 Å². The second-order valence-corrected chi connectivity index (χ2v) is 4.91. The van der Waals surface area contributed by atoms with Gasteiger partial charge in [-0.25, -0.2) is 0 Å². The van der Waals surface area contributed by atoms with Crippen molar-refractivity contribution in [1.29, 1.82) is 0 Å². The lowest BCUT2D eigenvalue weighted by Crippen LogP contribution is -2.20. The van der Waals surface area contributed by atoms with Crippen molar-refractivity contribution in [3.05, 3.63) is 0 Å². The zero-order chi connectivity index (χ0) is 13.7. The first-order valence-electron chi connectivity index (χ1n) is 7.12. The maximum atomic E-state index is 5.50. The number of ether oxygens (including phenoxy) is 1. The van der Waals surface area contributed by atoms with Gasteiger partial charge in [0.1, 0.15) is 0 Å². The van der Waals surface area contributed by atoms with E-state index in [1.807, 2.05) is 6.92 Å². The molecule has 0 amide bonds. The Morgan fingerprint density at radius 3 is 2.58 bits per heavy atom. The summed E-state index contributed by atoms with van der Waals surface area (Å²) in [5.41, 5.74) is 0. The Morgan fingerprint density at radius 1 is 1.21 bits per heavy atom. The first-order chi connectivity index (χ1) is 9.22. The molecule has 1 fully saturated rings. The lowest BCUT2D eigenvalue weighted by Gasteiger charge is -2.14. The lowest BCUT2D eigenvalue weighted by atomic mass is 10.2. The van der Waals surface area contributed by atoms with Crippen molar-refractivity contribution in [2.24, 2.45) is 5.92 Å². The van der Waals surface area contributed by atoms with Crippen LogP contribution in [-0.4, -0.2) is 34.1 Å². The molecule has 1 aliphatic rings. The Labute approximate surface area is 114 Å². The monoisotopic (exact) mass is 265 g/mol. The molecule has 0 spiro atoms. The number of aromatic nitrogens is 3. The van der Waals surface area contributed by atoms with E-state index in [-0.39, 0.29) is 0 Å². The third-order valence-corrected chi connectivity index (χ3v) is 3.07. The molecule has 1 heterocycles. The van der Waals surface area contributed by atoms with Crippen molar-refractivity contribution in [2.75, 3.05) is 23.8 Å². The number of hydrogen-bond donors (Lipinski definition) is 2. The highest BCUT2D eigenvalue weighted by molar-refractivity contribution is 5.36. The lowest BCUT2D eigenvalue weighted by molar-refractivity contribution is 0.292. The molecule has 19 heavy (non-hydrogen) atoms. The van der Waals surface area contributed by atoms with Crippen LogP contribution in [0.3, 0.4) is 0 Å². The second kappa shape index (κ2) is 6.54. The summed E-state index contributed by atoms with van der Waals surface area (Å²) in [7, 11) is 0. The molecule has 1 aromatic heterocycles. The van der Waals surface area contributed by atoms with Crippen molar-refractivity contribution >= 4 is 11.9 Å². The quantitative estimate of drug-likeness (QED) is 0.751. The predicted octanol–water partition coefficient (Wildman–Crippen LogP) is 2.30. The Bertz CT molecular complexity index is 408. The van der Waals surface area contributed by atoms with Gasteiger partial charge in [-0.1, -0.05) is 6.92 Å². The van der Waals surface area contributed by atoms with Crippen molar-refractivity contribution in [1.82, 2.24) is 15.0 Å². The van der Waals surface area contributed by atoms with Crippen molar-refractivity contribution in [3.8, 4) is 6.01 Å². The highest BCUT2D eigenvalue weighted by Crippen LogP contribution is 2.33. The highest BCUT2D eigenvalue weighted by atomic mass is 16.5. The summed E-state index contributed by atoms with van der Waals surface area (Å²) in [6, 6.07) is 0.786. The molecule has 0 aromatic carbocycles. The number of rotatable bonds is 8. The van der Waals surface area contributed by atoms with Gasteiger partial charge in [-0.2, -0.15) is 15.0 Å². The fourth-order valence-corrected chi connectivity index (χ4v) is 1.83. The molecule has 6 nitrogen and oxygen atoms in total. The molecule has 106 valence electrons. The molecule has 0 bridgehead atoms. The van der Waals surface area contributed by atoms with Gasteiger partial charge in [-0.05, 0) is 39.0 Å². The van der Waals surface area contributed by atoms with Crippen molar-refractivity contribution in [3.63, 3.8) is 0 Å². The van der Waals surface area contributed by atoms with E-state index < -0.39 is 0 Å². The van der Waals surface area contributed by atoms with Gasteiger partial charge in [0.15, 0.2) is 0 Å². The zero-order valence-corrected chi connectivity index (χ0v) is 11.9. The van der Waals surface area contributed by atoms with Crippen LogP contribution >= 0.6 is 0 Å². The van der Waals surface area contributed by atoms with E-state index in [4.69, 9.17) is 4.74 Å². The molecule has 1 unspecified atom stereocenters. The summed E-state index contributed by atoms with van der Waals surface area (Å²) in [5.74, 6) is 1.91. The van der Waals surface area contributed by atoms with Crippen LogP contribution in [0.1, 0.15) is 40.0 Å². The summed E-state index contributed by atoms with van der Waals surface area (Å²) in [4.78, 5) is 12.9. The topological polar surface area (TPSA) is 72.0 Å². The summed E-state index contributed by atoms with van der Waals surface area (Å²) in [6.07, 6.45) is 3.51. The Morgan fingerprint density at radius 2 is 1.95 bits per heavy atom. The number of nitrogens with zero attached hydrogens (tertiary/aromatic N) is 3. The van der Waals surface area contributed by atoms with Crippen molar-refractivity contribution < 1.29 is 4.74 Å². The molecule has 1 aromatic rings. The van der Waals surface area contributed by atoms with Crippen LogP contribution in [0, 0.1) is 5.92 Å². The Hall–Kier alpha value is -1.59. The minimum Gasteiger partial charge on any atom is -0.463 e.